The number of hydrogen-bond donors (Lipinski definition) is 1. The normalized spacial score (nSPS) is 20.0. The maximum absolute atomic E-state index is 11.8. The van der Waals surface area contributed by atoms with Crippen LogP contribution in [0.25, 0.3) is 0 Å². The zero-order chi connectivity index (χ0) is 14.0. The molecule has 0 radical (unpaired) electrons. The Balaban J connectivity index is 2.01. The molecule has 1 saturated heterocycles. The van der Waals surface area contributed by atoms with Crippen molar-refractivity contribution in [1.82, 2.24) is 9.88 Å². The lowest BCUT2D eigenvalue weighted by Crippen LogP contribution is -2.27. The Kier molecular flexibility index (Phi) is 4.07. The van der Waals surface area contributed by atoms with E-state index in [1.807, 2.05) is 0 Å². The van der Waals surface area contributed by atoms with Gasteiger partial charge in [0.25, 0.3) is 0 Å². The van der Waals surface area contributed by atoms with Gasteiger partial charge in [0.05, 0.1) is 18.0 Å². The molecule has 104 valence electrons. The molecule has 1 aliphatic heterocycles. The largest absolute Gasteiger partial charge is 0.336 e. The quantitative estimate of drug-likeness (QED) is 0.869. The van der Waals surface area contributed by atoms with Gasteiger partial charge >= 0.3 is 0 Å². The van der Waals surface area contributed by atoms with Crippen molar-refractivity contribution in [2.45, 2.75) is 13.0 Å². The van der Waals surface area contributed by atoms with Crippen molar-refractivity contribution in [2.24, 2.45) is 11.1 Å². The fraction of sp³-hybridized carbons (Fsp3) is 0.455. The van der Waals surface area contributed by atoms with Crippen LogP contribution in [0.3, 0.4) is 0 Å². The topological polar surface area (TPSA) is 93.4 Å². The molecule has 6 nitrogen and oxygen atoms in total. The molecular weight excluding hydrogens is 290 g/mol. The Labute approximate surface area is 116 Å². The predicted octanol–water partition coefficient (Wildman–Crippen LogP) is 0.372. The monoisotopic (exact) mass is 303 g/mol. The predicted molar refractivity (Wildman–Crippen MR) is 70.7 cm³/mol. The molecule has 8 heteroatoms. The molecule has 0 bridgehead atoms. The Bertz CT molecular complexity index is 591. The summed E-state index contributed by atoms with van der Waals surface area (Å²) in [5.41, 5.74) is 0.678. The standard InChI is InChI=1S/C11H14ClN3O3S/c12-9-1-2-14-10(4-9)6-15-5-8(3-11(15)16)7-19(13,17)18/h1-2,4,8H,3,5-7H2,(H2,13,17,18). The van der Waals surface area contributed by atoms with Gasteiger partial charge < -0.3 is 4.90 Å². The smallest absolute Gasteiger partial charge is 0.223 e. The number of nitrogens with zero attached hydrogens (tertiary/aromatic N) is 2. The zero-order valence-corrected chi connectivity index (χ0v) is 11.7. The van der Waals surface area contributed by atoms with Gasteiger partial charge in [-0.05, 0) is 12.1 Å². The minimum Gasteiger partial charge on any atom is -0.336 e. The molecule has 19 heavy (non-hydrogen) atoms. The molecule has 1 fully saturated rings. The summed E-state index contributed by atoms with van der Waals surface area (Å²) in [6.45, 7) is 0.712. The highest BCUT2D eigenvalue weighted by atomic mass is 35.5. The molecule has 2 rings (SSSR count). The summed E-state index contributed by atoms with van der Waals surface area (Å²) < 4.78 is 22.0. The molecule has 1 atom stereocenters. The average Bonchev–Trinajstić information content (AvgIpc) is 2.56. The van der Waals surface area contributed by atoms with E-state index >= 15 is 0 Å². The van der Waals surface area contributed by atoms with E-state index in [4.69, 9.17) is 16.7 Å². The van der Waals surface area contributed by atoms with Crippen molar-refractivity contribution in [1.29, 1.82) is 0 Å². The fourth-order valence-corrected chi connectivity index (χ4v) is 3.24. The third-order valence-corrected chi connectivity index (χ3v) is 4.07. The molecule has 1 aliphatic rings. The van der Waals surface area contributed by atoms with E-state index < -0.39 is 10.0 Å². The van der Waals surface area contributed by atoms with Crippen LogP contribution in [0.2, 0.25) is 5.02 Å². The summed E-state index contributed by atoms with van der Waals surface area (Å²) in [6.07, 6.45) is 1.77. The first kappa shape index (κ1) is 14.2. The van der Waals surface area contributed by atoms with Crippen LogP contribution in [0.4, 0.5) is 0 Å². The van der Waals surface area contributed by atoms with Gasteiger partial charge in [-0.1, -0.05) is 11.6 Å². The Hall–Kier alpha value is -1.18. The molecule has 0 aromatic carbocycles. The summed E-state index contributed by atoms with van der Waals surface area (Å²) in [5, 5.41) is 5.54. The van der Waals surface area contributed by atoms with E-state index in [0.29, 0.717) is 23.8 Å². The lowest BCUT2D eigenvalue weighted by atomic mass is 10.1. The zero-order valence-electron chi connectivity index (χ0n) is 10.1. The van der Waals surface area contributed by atoms with Crippen molar-refractivity contribution >= 4 is 27.5 Å². The van der Waals surface area contributed by atoms with Crippen molar-refractivity contribution in [3.63, 3.8) is 0 Å². The van der Waals surface area contributed by atoms with E-state index in [-0.39, 0.29) is 24.0 Å². The Morgan fingerprint density at radius 2 is 2.26 bits per heavy atom. The van der Waals surface area contributed by atoms with Crippen molar-refractivity contribution in [3.05, 3.63) is 29.0 Å². The number of carbonyl (C=O) groups is 1. The average molecular weight is 304 g/mol. The van der Waals surface area contributed by atoms with Crippen LogP contribution in [0.1, 0.15) is 12.1 Å². The van der Waals surface area contributed by atoms with Crippen LogP contribution >= 0.6 is 11.6 Å². The first-order chi connectivity index (χ1) is 8.83. The van der Waals surface area contributed by atoms with Crippen LogP contribution < -0.4 is 5.14 Å². The molecule has 2 N–H and O–H groups in total. The first-order valence-electron chi connectivity index (χ1n) is 5.72. The van der Waals surface area contributed by atoms with Gasteiger partial charge in [0.2, 0.25) is 15.9 Å². The van der Waals surface area contributed by atoms with Crippen LogP contribution in [0.5, 0.6) is 0 Å². The number of sulfonamides is 1. The van der Waals surface area contributed by atoms with Crippen LogP contribution in [-0.2, 0) is 21.4 Å². The third-order valence-electron chi connectivity index (χ3n) is 2.89. The lowest BCUT2D eigenvalue weighted by molar-refractivity contribution is -0.128. The molecule has 0 spiro atoms. The number of primary sulfonamides is 1. The minimum atomic E-state index is -3.55. The highest BCUT2D eigenvalue weighted by Gasteiger charge is 2.31. The van der Waals surface area contributed by atoms with Crippen molar-refractivity contribution in [3.8, 4) is 0 Å². The van der Waals surface area contributed by atoms with Crippen molar-refractivity contribution in [2.75, 3.05) is 12.3 Å². The van der Waals surface area contributed by atoms with Gasteiger partial charge in [-0.2, -0.15) is 0 Å². The summed E-state index contributed by atoms with van der Waals surface area (Å²) in [7, 11) is -3.55. The highest BCUT2D eigenvalue weighted by Crippen LogP contribution is 2.21. The highest BCUT2D eigenvalue weighted by molar-refractivity contribution is 7.89. The van der Waals surface area contributed by atoms with E-state index in [9.17, 15) is 13.2 Å². The summed E-state index contributed by atoms with van der Waals surface area (Å²) in [4.78, 5) is 17.5. The van der Waals surface area contributed by atoms with E-state index in [1.165, 1.54) is 0 Å². The van der Waals surface area contributed by atoms with E-state index in [1.54, 1.807) is 23.2 Å². The Morgan fingerprint density at radius 1 is 1.53 bits per heavy atom. The number of likely N-dealkylation sites (tertiary alicyclic amines) is 1. The Morgan fingerprint density at radius 3 is 2.89 bits per heavy atom. The lowest BCUT2D eigenvalue weighted by Gasteiger charge is -2.16. The number of carbonyl (C=O) groups excluding carboxylic acids is 1. The number of rotatable bonds is 4. The van der Waals surface area contributed by atoms with Crippen LogP contribution in [0.15, 0.2) is 18.3 Å². The second-order valence-electron chi connectivity index (χ2n) is 4.64. The SMILES string of the molecule is NS(=O)(=O)CC1CC(=O)N(Cc2cc(Cl)ccn2)C1. The number of nitrogens with two attached hydrogens (primary N) is 1. The van der Waals surface area contributed by atoms with Crippen LogP contribution in [0, 0.1) is 5.92 Å². The van der Waals surface area contributed by atoms with Gasteiger partial charge in [-0.3, -0.25) is 9.78 Å². The third kappa shape index (κ3) is 4.15. The molecular formula is C11H14ClN3O3S. The first-order valence-corrected chi connectivity index (χ1v) is 7.81. The number of pyridine rings is 1. The fourth-order valence-electron chi connectivity index (χ4n) is 2.18. The second kappa shape index (κ2) is 5.44. The molecule has 0 saturated carbocycles. The summed E-state index contributed by atoms with van der Waals surface area (Å²) in [6, 6.07) is 3.34. The van der Waals surface area contributed by atoms with Gasteiger partial charge in [-0.25, -0.2) is 13.6 Å². The molecule has 0 aliphatic carbocycles. The molecule has 2 heterocycles. The number of hydrogen-bond acceptors (Lipinski definition) is 4. The number of aromatic nitrogens is 1. The van der Waals surface area contributed by atoms with Gasteiger partial charge in [0.15, 0.2) is 0 Å². The molecule has 1 amide bonds. The number of halogens is 1. The molecule has 1 unspecified atom stereocenters. The van der Waals surface area contributed by atoms with Gasteiger partial charge in [-0.15, -0.1) is 0 Å². The van der Waals surface area contributed by atoms with Crippen molar-refractivity contribution < 1.29 is 13.2 Å². The maximum Gasteiger partial charge on any atom is 0.223 e. The number of amides is 1. The molecule has 1 aromatic rings. The van der Waals surface area contributed by atoms with E-state index in [2.05, 4.69) is 4.98 Å². The van der Waals surface area contributed by atoms with Gasteiger partial charge in [0.1, 0.15) is 0 Å². The molecule has 1 aromatic heterocycles. The maximum atomic E-state index is 11.8. The second-order valence-corrected chi connectivity index (χ2v) is 6.73. The van der Waals surface area contributed by atoms with E-state index in [0.717, 1.165) is 0 Å². The minimum absolute atomic E-state index is 0.0876. The van der Waals surface area contributed by atoms with Crippen LogP contribution in [-0.4, -0.2) is 36.5 Å². The summed E-state index contributed by atoms with van der Waals surface area (Å²) >= 11 is 5.84. The summed E-state index contributed by atoms with van der Waals surface area (Å²) in [5.74, 6) is -0.504. The van der Waals surface area contributed by atoms with Gasteiger partial charge in [0, 0.05) is 30.1 Å².